The van der Waals surface area contributed by atoms with Crippen LogP contribution < -0.4 is 11.1 Å². The molecule has 0 saturated heterocycles. The highest BCUT2D eigenvalue weighted by Gasteiger charge is 2.19. The van der Waals surface area contributed by atoms with Crippen LogP contribution >= 0.6 is 11.8 Å². The molecule has 0 fully saturated rings. The van der Waals surface area contributed by atoms with Crippen LogP contribution in [0.15, 0.2) is 30.3 Å². The molecular formula is C17H26N2O2S. The first kappa shape index (κ1) is 18.7. The van der Waals surface area contributed by atoms with Crippen molar-refractivity contribution >= 4 is 22.8 Å². The van der Waals surface area contributed by atoms with Crippen LogP contribution in [0, 0.1) is 5.92 Å². The average molecular weight is 322 g/mol. The molecular weight excluding hydrogens is 296 g/mol. The van der Waals surface area contributed by atoms with E-state index in [4.69, 9.17) is 5.73 Å². The molecule has 1 amide bonds. The first-order chi connectivity index (χ1) is 10.6. The summed E-state index contributed by atoms with van der Waals surface area (Å²) in [5.74, 6) is 0.384. The molecule has 0 heterocycles. The van der Waals surface area contributed by atoms with Gasteiger partial charge in [-0.15, -0.1) is 0 Å². The second kappa shape index (κ2) is 11.3. The van der Waals surface area contributed by atoms with E-state index in [2.05, 4.69) is 5.32 Å². The van der Waals surface area contributed by atoms with E-state index < -0.39 is 0 Å². The predicted octanol–water partition coefficient (Wildman–Crippen LogP) is 2.37. The van der Waals surface area contributed by atoms with E-state index in [0.29, 0.717) is 25.3 Å². The Morgan fingerprint density at radius 3 is 2.55 bits per heavy atom. The lowest BCUT2D eigenvalue weighted by Gasteiger charge is -2.16. The van der Waals surface area contributed by atoms with Crippen LogP contribution in [0.25, 0.3) is 0 Å². The van der Waals surface area contributed by atoms with E-state index in [1.807, 2.05) is 30.3 Å². The van der Waals surface area contributed by atoms with Crippen molar-refractivity contribution in [3.05, 3.63) is 35.9 Å². The molecule has 0 aliphatic rings. The number of nitrogens with two attached hydrogens (primary N) is 1. The quantitative estimate of drug-likeness (QED) is 0.649. The molecule has 122 valence electrons. The number of carbonyl (C=O) groups is 2. The van der Waals surface area contributed by atoms with Gasteiger partial charge in [-0.25, -0.2) is 0 Å². The zero-order valence-electron chi connectivity index (χ0n) is 13.2. The van der Waals surface area contributed by atoms with Crippen molar-refractivity contribution in [2.75, 3.05) is 18.8 Å². The number of carbonyl (C=O) groups excluding carboxylic acids is 2. The maximum Gasteiger partial charge on any atom is 0.224 e. The van der Waals surface area contributed by atoms with Crippen molar-refractivity contribution < 1.29 is 9.59 Å². The van der Waals surface area contributed by atoms with Crippen LogP contribution in [0.3, 0.4) is 0 Å². The molecule has 0 bridgehead atoms. The van der Waals surface area contributed by atoms with Crippen LogP contribution in [0.2, 0.25) is 0 Å². The van der Waals surface area contributed by atoms with Crippen LogP contribution in [-0.4, -0.2) is 29.9 Å². The molecule has 0 aromatic heterocycles. The zero-order chi connectivity index (χ0) is 16.2. The Morgan fingerprint density at radius 1 is 1.18 bits per heavy atom. The number of benzene rings is 1. The predicted molar refractivity (Wildman–Crippen MR) is 92.7 cm³/mol. The summed E-state index contributed by atoms with van der Waals surface area (Å²) in [5.41, 5.74) is 6.57. The van der Waals surface area contributed by atoms with Crippen molar-refractivity contribution in [2.45, 2.75) is 32.6 Å². The van der Waals surface area contributed by atoms with Crippen LogP contribution in [-0.2, 0) is 16.0 Å². The van der Waals surface area contributed by atoms with Gasteiger partial charge in [-0.3, -0.25) is 9.59 Å². The lowest BCUT2D eigenvalue weighted by atomic mass is 10.00. The van der Waals surface area contributed by atoms with Crippen LogP contribution in [0.4, 0.5) is 0 Å². The smallest absolute Gasteiger partial charge is 0.224 e. The molecule has 1 rings (SSSR count). The van der Waals surface area contributed by atoms with E-state index in [9.17, 15) is 9.59 Å². The Morgan fingerprint density at radius 2 is 1.91 bits per heavy atom. The molecule has 0 spiro atoms. The maximum absolute atomic E-state index is 12.3. The third kappa shape index (κ3) is 8.20. The van der Waals surface area contributed by atoms with Gasteiger partial charge in [0.15, 0.2) is 5.12 Å². The summed E-state index contributed by atoms with van der Waals surface area (Å²) < 4.78 is 0. The van der Waals surface area contributed by atoms with Gasteiger partial charge in [0.05, 0.1) is 5.92 Å². The molecule has 22 heavy (non-hydrogen) atoms. The summed E-state index contributed by atoms with van der Waals surface area (Å²) in [6.45, 7) is 2.91. The second-order valence-corrected chi connectivity index (χ2v) is 6.53. The summed E-state index contributed by atoms with van der Waals surface area (Å²) in [4.78, 5) is 23.5. The van der Waals surface area contributed by atoms with Crippen LogP contribution in [0.5, 0.6) is 0 Å². The number of hydrogen-bond donors (Lipinski definition) is 2. The van der Waals surface area contributed by atoms with Crippen molar-refractivity contribution in [1.82, 2.24) is 5.32 Å². The first-order valence-electron chi connectivity index (χ1n) is 7.78. The second-order valence-electron chi connectivity index (χ2n) is 5.33. The summed E-state index contributed by atoms with van der Waals surface area (Å²) in [5, 5.41) is 3.03. The molecule has 3 N–H and O–H groups in total. The Hall–Kier alpha value is -1.33. The Balaban J connectivity index is 2.49. The normalized spacial score (nSPS) is 11.9. The van der Waals surface area contributed by atoms with Gasteiger partial charge in [-0.05, 0) is 31.4 Å². The van der Waals surface area contributed by atoms with Gasteiger partial charge >= 0.3 is 0 Å². The molecule has 1 atom stereocenters. The number of unbranched alkanes of at least 4 members (excludes halogenated alkanes) is 2. The van der Waals surface area contributed by atoms with Crippen molar-refractivity contribution in [3.63, 3.8) is 0 Å². The Labute approximate surface area is 137 Å². The van der Waals surface area contributed by atoms with Crippen molar-refractivity contribution in [3.8, 4) is 0 Å². The fourth-order valence-corrected chi connectivity index (χ4v) is 2.85. The summed E-state index contributed by atoms with van der Waals surface area (Å²) in [7, 11) is 0. The zero-order valence-corrected chi connectivity index (χ0v) is 14.0. The number of amides is 1. The standard InChI is InChI=1S/C17H26N2O2S/c1-14(20)22-13-16(12-15-8-4-2-5-9-15)17(21)19-11-7-3-6-10-18/h2,4-5,8-9,16H,3,6-7,10-13,18H2,1H3,(H,19,21). The SMILES string of the molecule is CC(=O)SCC(Cc1ccccc1)C(=O)NCCCCCN. The first-order valence-corrected chi connectivity index (χ1v) is 8.77. The fourth-order valence-electron chi connectivity index (χ4n) is 2.15. The number of hydrogen-bond acceptors (Lipinski definition) is 4. The third-order valence-corrected chi connectivity index (χ3v) is 4.34. The molecule has 4 nitrogen and oxygen atoms in total. The summed E-state index contributed by atoms with van der Waals surface area (Å²) in [6, 6.07) is 9.92. The average Bonchev–Trinajstić information content (AvgIpc) is 2.51. The van der Waals surface area contributed by atoms with Gasteiger partial charge in [-0.2, -0.15) is 0 Å². The monoisotopic (exact) mass is 322 g/mol. The summed E-state index contributed by atoms with van der Waals surface area (Å²) >= 11 is 1.22. The minimum absolute atomic E-state index is 0.0327. The van der Waals surface area contributed by atoms with Gasteiger partial charge in [0.1, 0.15) is 0 Å². The molecule has 0 aliphatic heterocycles. The topological polar surface area (TPSA) is 72.2 Å². The molecule has 0 radical (unpaired) electrons. The van der Waals surface area contributed by atoms with Crippen LogP contribution in [0.1, 0.15) is 31.7 Å². The maximum atomic E-state index is 12.3. The van der Waals surface area contributed by atoms with E-state index in [1.165, 1.54) is 18.7 Å². The van der Waals surface area contributed by atoms with E-state index in [0.717, 1.165) is 24.8 Å². The van der Waals surface area contributed by atoms with Gasteiger partial charge in [0, 0.05) is 19.2 Å². The van der Waals surface area contributed by atoms with Crippen molar-refractivity contribution in [1.29, 1.82) is 0 Å². The molecule has 5 heteroatoms. The highest BCUT2D eigenvalue weighted by atomic mass is 32.2. The van der Waals surface area contributed by atoms with E-state index >= 15 is 0 Å². The Kier molecular flexibility index (Phi) is 9.59. The number of thioether (sulfide) groups is 1. The largest absolute Gasteiger partial charge is 0.356 e. The summed E-state index contributed by atoms with van der Waals surface area (Å²) in [6.07, 6.45) is 3.63. The molecule has 1 aromatic carbocycles. The molecule has 1 unspecified atom stereocenters. The minimum atomic E-state index is -0.175. The van der Waals surface area contributed by atoms with Gasteiger partial charge in [-0.1, -0.05) is 48.5 Å². The highest BCUT2D eigenvalue weighted by molar-refractivity contribution is 8.13. The fraction of sp³-hybridized carbons (Fsp3) is 0.529. The van der Waals surface area contributed by atoms with E-state index in [1.54, 1.807) is 0 Å². The number of nitrogens with one attached hydrogen (secondary N) is 1. The van der Waals surface area contributed by atoms with Crippen molar-refractivity contribution in [2.24, 2.45) is 11.7 Å². The third-order valence-electron chi connectivity index (χ3n) is 3.36. The Bertz CT molecular complexity index is 451. The molecule has 1 aromatic rings. The van der Waals surface area contributed by atoms with E-state index in [-0.39, 0.29) is 16.9 Å². The number of rotatable bonds is 10. The lowest BCUT2D eigenvalue weighted by molar-refractivity contribution is -0.124. The van der Waals surface area contributed by atoms with Gasteiger partial charge in [0.2, 0.25) is 5.91 Å². The molecule has 0 aliphatic carbocycles. The highest BCUT2D eigenvalue weighted by Crippen LogP contribution is 2.16. The van der Waals surface area contributed by atoms with Gasteiger partial charge < -0.3 is 11.1 Å². The van der Waals surface area contributed by atoms with Gasteiger partial charge in [0.25, 0.3) is 0 Å². The molecule has 0 saturated carbocycles. The minimum Gasteiger partial charge on any atom is -0.356 e. The lowest BCUT2D eigenvalue weighted by Crippen LogP contribution is -2.34.